The largest absolute Gasteiger partial charge is 0.199 e. The van der Waals surface area contributed by atoms with E-state index < -0.39 is 5.83 Å². The number of hydrogen-bond donors (Lipinski definition) is 0. The maximum absolute atomic E-state index is 12.7. The molecule has 0 bridgehead atoms. The highest BCUT2D eigenvalue weighted by atomic mass is 19.1. The molecular weight excluding hydrogens is 297 g/mol. The summed E-state index contributed by atoms with van der Waals surface area (Å²) in [5.41, 5.74) is 2.92. The third-order valence-electron chi connectivity index (χ3n) is 5.02. The summed E-state index contributed by atoms with van der Waals surface area (Å²) in [5, 5.41) is 8.39. The standard InChI is InChI=1S/C22H28FN/c1-2-3-4-6-18-9-13-20(14-10-18)21-15-11-19(12-16-21)7-5-8-22(23)17-24/h5,7-10,13-14,19,21H,2-4,6,11-12,15-16H2,1H3/b7-5+,22-8-. The second kappa shape index (κ2) is 10.1. The van der Waals surface area contributed by atoms with Crippen LogP contribution in [0.5, 0.6) is 0 Å². The van der Waals surface area contributed by atoms with E-state index in [0.29, 0.717) is 11.8 Å². The highest BCUT2D eigenvalue weighted by Crippen LogP contribution is 2.36. The van der Waals surface area contributed by atoms with Crippen LogP contribution in [0, 0.1) is 17.2 Å². The van der Waals surface area contributed by atoms with Crippen LogP contribution in [0.15, 0.2) is 48.3 Å². The quantitative estimate of drug-likeness (QED) is 0.314. The fraction of sp³-hybridized carbons (Fsp3) is 0.500. The maximum Gasteiger partial charge on any atom is 0.199 e. The third-order valence-corrected chi connectivity index (χ3v) is 5.02. The first-order valence-corrected chi connectivity index (χ1v) is 9.25. The number of nitriles is 1. The molecule has 1 fully saturated rings. The van der Waals surface area contributed by atoms with Crippen LogP contribution in [0.2, 0.25) is 0 Å². The van der Waals surface area contributed by atoms with Crippen molar-refractivity contribution in [3.8, 4) is 6.07 Å². The zero-order valence-corrected chi connectivity index (χ0v) is 14.7. The Balaban J connectivity index is 1.80. The lowest BCUT2D eigenvalue weighted by Gasteiger charge is -2.27. The Kier molecular flexibility index (Phi) is 7.75. The molecule has 0 N–H and O–H groups in total. The molecule has 1 aromatic rings. The van der Waals surface area contributed by atoms with Gasteiger partial charge in [0.05, 0.1) is 0 Å². The van der Waals surface area contributed by atoms with Gasteiger partial charge in [0.25, 0.3) is 0 Å². The predicted molar refractivity (Wildman–Crippen MR) is 98.3 cm³/mol. The SMILES string of the molecule is CCCCCc1ccc(C2CCC(/C=C/C=C(\F)C#N)CC2)cc1. The molecular formula is C22H28FN. The lowest BCUT2D eigenvalue weighted by Crippen LogP contribution is -2.11. The van der Waals surface area contributed by atoms with Crippen LogP contribution in [0.25, 0.3) is 0 Å². The second-order valence-corrected chi connectivity index (χ2v) is 6.82. The highest BCUT2D eigenvalue weighted by Gasteiger charge is 2.20. The summed E-state index contributed by atoms with van der Waals surface area (Å²) in [6.45, 7) is 2.24. The molecule has 1 aliphatic rings. The molecule has 1 aromatic carbocycles. The molecule has 128 valence electrons. The number of aryl methyl sites for hydroxylation is 1. The van der Waals surface area contributed by atoms with Crippen LogP contribution in [-0.2, 0) is 6.42 Å². The summed E-state index contributed by atoms with van der Waals surface area (Å²) >= 11 is 0. The van der Waals surface area contributed by atoms with E-state index in [0.717, 1.165) is 12.8 Å². The average molecular weight is 325 g/mol. The lowest BCUT2D eigenvalue weighted by atomic mass is 9.78. The molecule has 0 spiro atoms. The van der Waals surface area contributed by atoms with Gasteiger partial charge in [0.2, 0.25) is 0 Å². The minimum absolute atomic E-state index is 0.511. The minimum atomic E-state index is -0.723. The first-order valence-electron chi connectivity index (χ1n) is 9.25. The smallest absolute Gasteiger partial charge is 0.195 e. The van der Waals surface area contributed by atoms with E-state index in [9.17, 15) is 4.39 Å². The maximum atomic E-state index is 12.7. The zero-order chi connectivity index (χ0) is 17.2. The molecule has 1 nitrogen and oxygen atoms in total. The minimum Gasteiger partial charge on any atom is -0.195 e. The summed E-state index contributed by atoms with van der Waals surface area (Å²) in [6.07, 6.45) is 14.7. The molecule has 2 rings (SSSR count). The number of allylic oxidation sites excluding steroid dienone is 4. The Morgan fingerprint density at radius 1 is 1.17 bits per heavy atom. The van der Waals surface area contributed by atoms with Gasteiger partial charge in [-0.15, -0.1) is 0 Å². The van der Waals surface area contributed by atoms with Gasteiger partial charge in [-0.3, -0.25) is 0 Å². The molecule has 0 aliphatic heterocycles. The van der Waals surface area contributed by atoms with Crippen molar-refractivity contribution in [2.24, 2.45) is 5.92 Å². The van der Waals surface area contributed by atoms with Gasteiger partial charge < -0.3 is 0 Å². The van der Waals surface area contributed by atoms with Crippen LogP contribution in [0.1, 0.15) is 68.9 Å². The van der Waals surface area contributed by atoms with E-state index in [4.69, 9.17) is 5.26 Å². The second-order valence-electron chi connectivity index (χ2n) is 6.82. The number of unbranched alkanes of at least 4 members (excludes halogenated alkanes) is 2. The lowest BCUT2D eigenvalue weighted by molar-refractivity contribution is 0.376. The molecule has 0 atom stereocenters. The van der Waals surface area contributed by atoms with Gasteiger partial charge in [0.15, 0.2) is 5.83 Å². The van der Waals surface area contributed by atoms with E-state index >= 15 is 0 Å². The molecule has 0 unspecified atom stereocenters. The van der Waals surface area contributed by atoms with Crippen LogP contribution < -0.4 is 0 Å². The van der Waals surface area contributed by atoms with Crippen molar-refractivity contribution in [3.63, 3.8) is 0 Å². The number of rotatable bonds is 7. The van der Waals surface area contributed by atoms with Gasteiger partial charge in [-0.2, -0.15) is 9.65 Å². The van der Waals surface area contributed by atoms with Crippen LogP contribution in [-0.4, -0.2) is 0 Å². The zero-order valence-electron chi connectivity index (χ0n) is 14.7. The topological polar surface area (TPSA) is 23.8 Å². The fourth-order valence-corrected chi connectivity index (χ4v) is 3.52. The number of nitrogens with zero attached hydrogens (tertiary/aromatic N) is 1. The van der Waals surface area contributed by atoms with Crippen LogP contribution in [0.4, 0.5) is 4.39 Å². The van der Waals surface area contributed by atoms with Crippen molar-refractivity contribution in [3.05, 3.63) is 59.4 Å². The fourth-order valence-electron chi connectivity index (χ4n) is 3.52. The van der Waals surface area contributed by atoms with Gasteiger partial charge in [0, 0.05) is 0 Å². The summed E-state index contributed by atoms with van der Waals surface area (Å²) in [6, 6.07) is 10.7. The summed E-state index contributed by atoms with van der Waals surface area (Å²) < 4.78 is 12.7. The van der Waals surface area contributed by atoms with Gasteiger partial charge in [-0.05, 0) is 67.6 Å². The molecule has 0 amide bonds. The Labute approximate surface area is 145 Å². The highest BCUT2D eigenvalue weighted by molar-refractivity contribution is 5.26. The van der Waals surface area contributed by atoms with E-state index in [1.54, 1.807) is 6.08 Å². The normalized spacial score (nSPS) is 21.8. The van der Waals surface area contributed by atoms with E-state index in [1.165, 1.54) is 61.8 Å². The molecule has 2 heteroatoms. The third kappa shape index (κ3) is 5.96. The molecule has 0 heterocycles. The van der Waals surface area contributed by atoms with E-state index in [-0.39, 0.29) is 0 Å². The summed E-state index contributed by atoms with van der Waals surface area (Å²) in [7, 11) is 0. The molecule has 24 heavy (non-hydrogen) atoms. The molecule has 0 saturated heterocycles. The van der Waals surface area contributed by atoms with Crippen LogP contribution in [0.3, 0.4) is 0 Å². The Hall–Kier alpha value is -1.88. The van der Waals surface area contributed by atoms with Crippen molar-refractivity contribution >= 4 is 0 Å². The predicted octanol–water partition coefficient (Wildman–Crippen LogP) is 6.63. The number of halogens is 1. The van der Waals surface area contributed by atoms with Crippen LogP contribution >= 0.6 is 0 Å². The monoisotopic (exact) mass is 325 g/mol. The van der Waals surface area contributed by atoms with Gasteiger partial charge in [-0.25, -0.2) is 0 Å². The van der Waals surface area contributed by atoms with Gasteiger partial charge in [0.1, 0.15) is 6.07 Å². The summed E-state index contributed by atoms with van der Waals surface area (Å²) in [4.78, 5) is 0. The Morgan fingerprint density at radius 2 is 1.88 bits per heavy atom. The van der Waals surface area contributed by atoms with Gasteiger partial charge >= 0.3 is 0 Å². The Bertz CT molecular complexity index is 583. The van der Waals surface area contributed by atoms with Crippen molar-refractivity contribution in [2.75, 3.05) is 0 Å². The first-order chi connectivity index (χ1) is 11.7. The molecule has 0 aromatic heterocycles. The Morgan fingerprint density at radius 3 is 2.50 bits per heavy atom. The average Bonchev–Trinajstić information content (AvgIpc) is 2.63. The van der Waals surface area contributed by atoms with Crippen molar-refractivity contribution in [1.29, 1.82) is 5.26 Å². The van der Waals surface area contributed by atoms with Crippen molar-refractivity contribution in [2.45, 2.75) is 64.2 Å². The molecule has 1 saturated carbocycles. The summed E-state index contributed by atoms with van der Waals surface area (Å²) in [5.74, 6) is 0.446. The molecule has 0 radical (unpaired) electrons. The van der Waals surface area contributed by atoms with Crippen molar-refractivity contribution in [1.82, 2.24) is 0 Å². The van der Waals surface area contributed by atoms with Gasteiger partial charge in [-0.1, -0.05) is 56.2 Å². The van der Waals surface area contributed by atoms with E-state index in [2.05, 4.69) is 31.2 Å². The van der Waals surface area contributed by atoms with E-state index in [1.807, 2.05) is 6.08 Å². The first kappa shape index (κ1) is 18.5. The number of benzene rings is 1. The molecule has 1 aliphatic carbocycles. The van der Waals surface area contributed by atoms with Crippen molar-refractivity contribution < 1.29 is 4.39 Å². The number of hydrogen-bond acceptors (Lipinski definition) is 1.